The number of aromatic nitrogens is 1. The molecule has 0 aliphatic heterocycles. The molecule has 1 atom stereocenters. The van der Waals surface area contributed by atoms with Crippen molar-refractivity contribution in [3.63, 3.8) is 0 Å². The maximum Gasteiger partial charge on any atom is 0.311 e. The van der Waals surface area contributed by atoms with Gasteiger partial charge in [-0.25, -0.2) is 0 Å². The minimum absolute atomic E-state index is 0.0463. The van der Waals surface area contributed by atoms with Gasteiger partial charge in [-0.3, -0.25) is 9.59 Å². The Labute approximate surface area is 142 Å². The van der Waals surface area contributed by atoms with Gasteiger partial charge in [-0.2, -0.15) is 0 Å². The monoisotopic (exact) mass is 329 g/mol. The molecule has 0 radical (unpaired) electrons. The summed E-state index contributed by atoms with van der Waals surface area (Å²) in [5.41, 5.74) is 5.02. The molecule has 2 aromatic rings. The number of hydrogen-bond acceptors (Lipinski definition) is 5. The highest BCUT2D eigenvalue weighted by molar-refractivity contribution is 6.01. The van der Waals surface area contributed by atoms with E-state index < -0.39 is 12.1 Å². The number of rotatable bonds is 5. The first-order valence-corrected chi connectivity index (χ1v) is 7.94. The highest BCUT2D eigenvalue weighted by atomic mass is 16.5. The van der Waals surface area contributed by atoms with E-state index >= 15 is 0 Å². The van der Waals surface area contributed by atoms with Gasteiger partial charge in [0, 0.05) is 11.1 Å². The van der Waals surface area contributed by atoms with Crippen molar-refractivity contribution in [2.75, 3.05) is 0 Å². The molecular formula is C19H23NO4. The number of esters is 1. The molecule has 0 aliphatic carbocycles. The van der Waals surface area contributed by atoms with Crippen molar-refractivity contribution >= 4 is 11.8 Å². The van der Waals surface area contributed by atoms with Gasteiger partial charge >= 0.3 is 5.97 Å². The van der Waals surface area contributed by atoms with Crippen LogP contribution in [0.4, 0.5) is 0 Å². The van der Waals surface area contributed by atoms with Crippen LogP contribution >= 0.6 is 0 Å². The third-order valence-electron chi connectivity index (χ3n) is 4.29. The SMILES string of the molecule is Cc1cc(C)c(C(=O)[C@H](C)OC(=O)Cc2c(C)noc2C)cc1C. The van der Waals surface area contributed by atoms with E-state index in [1.54, 1.807) is 20.8 Å². The fourth-order valence-electron chi connectivity index (χ4n) is 2.64. The lowest BCUT2D eigenvalue weighted by Gasteiger charge is -2.15. The average molecular weight is 329 g/mol. The van der Waals surface area contributed by atoms with Crippen LogP contribution in [0.1, 0.15) is 51.0 Å². The molecule has 1 aromatic heterocycles. The standard InChI is InChI=1S/C19H23NO4/c1-10-7-12(3)16(8-11(10)2)19(22)15(6)23-18(21)9-17-13(4)20-24-14(17)5/h7-8,15H,9H2,1-6H3/t15-/m0/s1. The number of hydrogen-bond donors (Lipinski definition) is 0. The van der Waals surface area contributed by atoms with Crippen LogP contribution in [-0.2, 0) is 16.0 Å². The molecule has 5 nitrogen and oxygen atoms in total. The zero-order valence-corrected chi connectivity index (χ0v) is 15.0. The maximum absolute atomic E-state index is 12.6. The van der Waals surface area contributed by atoms with Gasteiger partial charge in [0.25, 0.3) is 0 Å². The van der Waals surface area contributed by atoms with E-state index in [0.29, 0.717) is 22.6 Å². The summed E-state index contributed by atoms with van der Waals surface area (Å²) in [6.45, 7) is 11.0. The van der Waals surface area contributed by atoms with Gasteiger partial charge in [-0.15, -0.1) is 0 Å². The van der Waals surface area contributed by atoms with Crippen LogP contribution in [-0.4, -0.2) is 23.0 Å². The molecule has 5 heteroatoms. The van der Waals surface area contributed by atoms with Gasteiger partial charge in [0.05, 0.1) is 12.1 Å². The Morgan fingerprint density at radius 1 is 1.08 bits per heavy atom. The first-order valence-electron chi connectivity index (χ1n) is 7.94. The molecule has 0 N–H and O–H groups in total. The third kappa shape index (κ3) is 3.72. The number of nitrogens with zero attached hydrogens (tertiary/aromatic N) is 1. The van der Waals surface area contributed by atoms with Gasteiger partial charge in [0.15, 0.2) is 6.10 Å². The second-order valence-corrected chi connectivity index (χ2v) is 6.23. The number of benzene rings is 1. The minimum Gasteiger partial charge on any atom is -0.454 e. The molecule has 128 valence electrons. The van der Waals surface area contributed by atoms with Crippen LogP contribution in [0.25, 0.3) is 0 Å². The molecule has 0 saturated carbocycles. The molecular weight excluding hydrogens is 306 g/mol. The van der Waals surface area contributed by atoms with Crippen LogP contribution in [0, 0.1) is 34.6 Å². The molecule has 0 fully saturated rings. The predicted molar refractivity (Wildman–Crippen MR) is 90.2 cm³/mol. The average Bonchev–Trinajstić information content (AvgIpc) is 2.82. The number of Topliss-reactive ketones (excluding diaryl/α,β-unsaturated/α-hetero) is 1. The predicted octanol–water partition coefficient (Wildman–Crippen LogP) is 3.57. The van der Waals surface area contributed by atoms with Crippen molar-refractivity contribution < 1.29 is 18.8 Å². The summed E-state index contributed by atoms with van der Waals surface area (Å²) in [5.74, 6) is -0.0668. The van der Waals surface area contributed by atoms with Crippen LogP contribution in [0.3, 0.4) is 0 Å². The molecule has 1 heterocycles. The van der Waals surface area contributed by atoms with Crippen LogP contribution in [0.5, 0.6) is 0 Å². The first kappa shape index (κ1) is 17.9. The number of carbonyl (C=O) groups excluding carboxylic acids is 2. The van der Waals surface area contributed by atoms with Crippen LogP contribution < -0.4 is 0 Å². The number of ketones is 1. The Kier molecular flexibility index (Phi) is 5.22. The summed E-state index contributed by atoms with van der Waals surface area (Å²) in [6, 6.07) is 3.83. The lowest BCUT2D eigenvalue weighted by Crippen LogP contribution is -2.26. The van der Waals surface area contributed by atoms with Crippen LogP contribution in [0.2, 0.25) is 0 Å². The second kappa shape index (κ2) is 6.99. The second-order valence-electron chi connectivity index (χ2n) is 6.23. The molecule has 0 amide bonds. The number of ether oxygens (including phenoxy) is 1. The van der Waals surface area contributed by atoms with E-state index in [4.69, 9.17) is 9.26 Å². The van der Waals surface area contributed by atoms with Gasteiger partial charge in [-0.05, 0) is 64.3 Å². The minimum atomic E-state index is -0.834. The molecule has 0 aliphatic rings. The molecule has 1 aromatic carbocycles. The molecule has 24 heavy (non-hydrogen) atoms. The number of aryl methyl sites for hydroxylation is 5. The fourth-order valence-corrected chi connectivity index (χ4v) is 2.64. The van der Waals surface area contributed by atoms with E-state index in [0.717, 1.165) is 16.7 Å². The largest absolute Gasteiger partial charge is 0.454 e. The Morgan fingerprint density at radius 3 is 2.29 bits per heavy atom. The maximum atomic E-state index is 12.6. The molecule has 0 bridgehead atoms. The molecule has 0 saturated heterocycles. The van der Waals surface area contributed by atoms with Gasteiger partial charge in [0.2, 0.25) is 5.78 Å². The Balaban J connectivity index is 2.09. The van der Waals surface area contributed by atoms with E-state index in [1.165, 1.54) is 0 Å². The number of carbonyl (C=O) groups is 2. The highest BCUT2D eigenvalue weighted by Crippen LogP contribution is 2.19. The summed E-state index contributed by atoms with van der Waals surface area (Å²) >= 11 is 0. The lowest BCUT2D eigenvalue weighted by atomic mass is 9.96. The van der Waals surface area contributed by atoms with Crippen molar-refractivity contribution in [1.82, 2.24) is 5.16 Å². The van der Waals surface area contributed by atoms with Gasteiger partial charge in [0.1, 0.15) is 5.76 Å². The zero-order chi connectivity index (χ0) is 18.0. The summed E-state index contributed by atoms with van der Waals surface area (Å²) in [6.07, 6.45) is -0.788. The van der Waals surface area contributed by atoms with Gasteiger partial charge < -0.3 is 9.26 Å². The van der Waals surface area contributed by atoms with Crippen LogP contribution in [0.15, 0.2) is 16.7 Å². The molecule has 0 unspecified atom stereocenters. The third-order valence-corrected chi connectivity index (χ3v) is 4.29. The van der Waals surface area contributed by atoms with E-state index in [2.05, 4.69) is 5.16 Å². The zero-order valence-electron chi connectivity index (χ0n) is 15.0. The van der Waals surface area contributed by atoms with Crippen molar-refractivity contribution in [3.8, 4) is 0 Å². The summed E-state index contributed by atoms with van der Waals surface area (Å²) in [4.78, 5) is 24.7. The Hall–Kier alpha value is -2.43. The van der Waals surface area contributed by atoms with Gasteiger partial charge in [-0.1, -0.05) is 11.2 Å². The summed E-state index contributed by atoms with van der Waals surface area (Å²) in [7, 11) is 0. The fraction of sp³-hybridized carbons (Fsp3) is 0.421. The first-order chi connectivity index (χ1) is 11.2. The highest BCUT2D eigenvalue weighted by Gasteiger charge is 2.23. The topological polar surface area (TPSA) is 69.4 Å². The normalized spacial score (nSPS) is 12.1. The van der Waals surface area contributed by atoms with Crippen molar-refractivity contribution in [2.24, 2.45) is 0 Å². The van der Waals surface area contributed by atoms with Crippen molar-refractivity contribution in [3.05, 3.63) is 51.4 Å². The van der Waals surface area contributed by atoms with E-state index in [9.17, 15) is 9.59 Å². The van der Waals surface area contributed by atoms with Crippen molar-refractivity contribution in [2.45, 2.75) is 54.1 Å². The summed E-state index contributed by atoms with van der Waals surface area (Å²) < 4.78 is 10.4. The Morgan fingerprint density at radius 2 is 1.71 bits per heavy atom. The molecule has 0 spiro atoms. The smallest absolute Gasteiger partial charge is 0.311 e. The van der Waals surface area contributed by atoms with E-state index in [1.807, 2.05) is 32.9 Å². The molecule has 2 rings (SSSR count). The Bertz CT molecular complexity index is 769. The summed E-state index contributed by atoms with van der Waals surface area (Å²) in [5, 5.41) is 3.81. The quantitative estimate of drug-likeness (QED) is 0.619. The van der Waals surface area contributed by atoms with Crippen molar-refractivity contribution in [1.29, 1.82) is 0 Å². The lowest BCUT2D eigenvalue weighted by molar-refractivity contribution is -0.145. The van der Waals surface area contributed by atoms with E-state index in [-0.39, 0.29) is 12.2 Å².